The first-order valence-electron chi connectivity index (χ1n) is 25.4. The first-order valence-corrected chi connectivity index (χ1v) is 34.4. The van der Waals surface area contributed by atoms with E-state index < -0.39 is 109 Å². The van der Waals surface area contributed by atoms with Gasteiger partial charge < -0.3 is 29.6 Å². The van der Waals surface area contributed by atoms with Crippen LogP contribution in [0.1, 0.15) is 42.0 Å². The van der Waals surface area contributed by atoms with E-state index in [1.807, 2.05) is 0 Å². The van der Waals surface area contributed by atoms with Crippen LogP contribution < -0.4 is 29.6 Å². The molecule has 0 spiro atoms. The summed E-state index contributed by atoms with van der Waals surface area (Å²) in [7, 11) is -28.9. The van der Waals surface area contributed by atoms with Crippen LogP contribution in [0.4, 0.5) is 61.7 Å². The van der Waals surface area contributed by atoms with E-state index in [4.69, 9.17) is 18.9 Å². The van der Waals surface area contributed by atoms with Crippen molar-refractivity contribution in [3.63, 3.8) is 0 Å². The van der Waals surface area contributed by atoms with Crippen molar-refractivity contribution in [3.8, 4) is 23.0 Å². The molecule has 0 bridgehead atoms. The van der Waals surface area contributed by atoms with Crippen LogP contribution in [0, 0.1) is 27.7 Å². The van der Waals surface area contributed by atoms with Crippen molar-refractivity contribution in [2.75, 3.05) is 42.0 Å². The summed E-state index contributed by atoms with van der Waals surface area (Å²) in [5.74, 6) is -1.76. The quantitative estimate of drug-likeness (QED) is 0.00978. The Labute approximate surface area is 515 Å². The fourth-order valence-corrected chi connectivity index (χ4v) is 11.0. The van der Waals surface area contributed by atoms with Crippen molar-refractivity contribution >= 4 is 124 Å². The third-order valence-electron chi connectivity index (χ3n) is 11.9. The lowest BCUT2D eigenvalue weighted by Gasteiger charge is -2.15. The molecule has 0 fully saturated rings. The second kappa shape index (κ2) is 28.9. The summed E-state index contributed by atoms with van der Waals surface area (Å²) in [4.78, 5) is 9.76. The Kier molecular flexibility index (Phi) is 22.6. The lowest BCUT2D eigenvalue weighted by molar-refractivity contribution is 0.262. The molecule has 39 heteroatoms. The molecule has 33 nitrogen and oxygen atoms in total. The Morgan fingerprint density at radius 1 is 0.433 bits per heavy atom. The Hall–Kier alpha value is -8.61. The standard InChI is InChI=1S/C51H54N10O23S6/c1-7-81-45-25-43(47(83-15-9-17-85(63,64)65)27-41(45)58-54-35-13-11-33(87(69,70)71)23-49(35)89(75,76)77)60-56-39-21-29(3)37(19-31(39)5)52-51(62)53-38-20-32(6)40(22-30(38)4)57-61-44-26-46(82-8-2)42(28-48(44)84-16-10-18-86(66,67)68)59-55-36-14-12-34(88(72,73)74)24-50(36)90(78,79)80/h7,11-14,19-28H,1,8-10,15-18H2,2-6H3,(H2,52,53,62)(H,63,64,65)(H,66,67,68)(H,69,70,71)(H,72,73,74)(H,75,76,77)(H,78,79,80). The van der Waals surface area contributed by atoms with E-state index in [1.54, 1.807) is 58.9 Å². The zero-order valence-electron chi connectivity index (χ0n) is 47.5. The molecular weight excluding hydrogens is 1310 g/mol. The van der Waals surface area contributed by atoms with E-state index in [0.29, 0.717) is 51.4 Å². The van der Waals surface area contributed by atoms with E-state index in [0.717, 1.165) is 30.5 Å². The van der Waals surface area contributed by atoms with Crippen LogP contribution in [0.15, 0.2) is 158 Å². The summed E-state index contributed by atoms with van der Waals surface area (Å²) in [6, 6.07) is 14.9. The molecule has 0 unspecified atom stereocenters. The second-order valence-electron chi connectivity index (χ2n) is 18.7. The van der Waals surface area contributed by atoms with Gasteiger partial charge in [0.15, 0.2) is 5.75 Å². The average molecular weight is 1370 g/mol. The van der Waals surface area contributed by atoms with Crippen LogP contribution in [0.2, 0.25) is 0 Å². The summed E-state index contributed by atoms with van der Waals surface area (Å²) in [6.07, 6.45) is 0.564. The maximum Gasteiger partial charge on any atom is 0.323 e. The van der Waals surface area contributed by atoms with Crippen molar-refractivity contribution in [1.82, 2.24) is 0 Å². The Morgan fingerprint density at radius 2 is 0.767 bits per heavy atom. The molecule has 8 N–H and O–H groups in total. The van der Waals surface area contributed by atoms with Gasteiger partial charge in [-0.2, -0.15) is 60.7 Å². The molecule has 6 rings (SSSR count). The third kappa shape index (κ3) is 20.2. The molecule has 6 aromatic carbocycles. The van der Waals surface area contributed by atoms with Crippen molar-refractivity contribution in [2.45, 2.75) is 67.0 Å². The molecule has 0 aliphatic rings. The van der Waals surface area contributed by atoms with Crippen molar-refractivity contribution in [3.05, 3.63) is 120 Å². The highest BCUT2D eigenvalue weighted by Crippen LogP contribution is 2.45. The normalized spacial score (nSPS) is 12.7. The number of hydrogen-bond donors (Lipinski definition) is 8. The number of azo groups is 4. The van der Waals surface area contributed by atoms with Crippen molar-refractivity contribution in [2.24, 2.45) is 40.9 Å². The van der Waals surface area contributed by atoms with Gasteiger partial charge in [-0.3, -0.25) is 27.3 Å². The third-order valence-corrected chi connectivity index (χ3v) is 16.9. The minimum atomic E-state index is -5.15. The van der Waals surface area contributed by atoms with Gasteiger partial charge in [0.2, 0.25) is 0 Å². The number of nitrogens with zero attached hydrogens (tertiary/aromatic N) is 8. The number of anilines is 2. The lowest BCUT2D eigenvalue weighted by Crippen LogP contribution is -2.20. The fourth-order valence-electron chi connectivity index (χ4n) is 7.60. The van der Waals surface area contributed by atoms with Gasteiger partial charge in [-0.1, -0.05) is 6.58 Å². The Morgan fingerprint density at radius 3 is 1.10 bits per heavy atom. The molecule has 2 amide bonds. The minimum absolute atomic E-state index is 0.0135. The van der Waals surface area contributed by atoms with Gasteiger partial charge in [-0.25, -0.2) is 4.79 Å². The number of amides is 2. The van der Waals surface area contributed by atoms with Crippen molar-refractivity contribution in [1.29, 1.82) is 0 Å². The molecule has 0 saturated heterocycles. The molecular formula is C51H54N10O23S6. The minimum Gasteiger partial charge on any atom is -0.491 e. The number of benzene rings is 6. The summed E-state index contributed by atoms with van der Waals surface area (Å²) in [5, 5.41) is 38.7. The van der Waals surface area contributed by atoms with Gasteiger partial charge in [-0.05, 0) is 130 Å². The largest absolute Gasteiger partial charge is 0.491 e. The highest BCUT2D eigenvalue weighted by molar-refractivity contribution is 7.87. The predicted molar refractivity (Wildman–Crippen MR) is 321 cm³/mol. The molecule has 6 aromatic rings. The molecule has 0 aliphatic heterocycles. The number of carbonyl (C=O) groups excluding carboxylic acids is 1. The van der Waals surface area contributed by atoms with Gasteiger partial charge in [0.25, 0.3) is 60.7 Å². The molecule has 0 atom stereocenters. The van der Waals surface area contributed by atoms with Gasteiger partial charge in [0, 0.05) is 35.6 Å². The van der Waals surface area contributed by atoms with E-state index in [1.165, 1.54) is 24.3 Å². The fraction of sp³-hybridized carbons (Fsp3) is 0.235. The Bertz CT molecular complexity index is 4640. The number of ether oxygens (including phenoxy) is 4. The maximum absolute atomic E-state index is 13.6. The van der Waals surface area contributed by atoms with Gasteiger partial charge in [-0.15, -0.1) is 30.7 Å². The highest BCUT2D eigenvalue weighted by Gasteiger charge is 2.24. The van der Waals surface area contributed by atoms with Crippen LogP contribution >= 0.6 is 0 Å². The summed E-state index contributed by atoms with van der Waals surface area (Å²) in [6.45, 7) is 11.2. The number of rotatable bonds is 28. The first kappa shape index (κ1) is 70.5. The number of urea groups is 1. The zero-order chi connectivity index (χ0) is 66.7. The van der Waals surface area contributed by atoms with E-state index in [9.17, 15) is 82.6 Å². The van der Waals surface area contributed by atoms with E-state index >= 15 is 0 Å². The number of aryl methyl sites for hydroxylation is 4. The second-order valence-corrected chi connectivity index (χ2v) is 27.5. The van der Waals surface area contributed by atoms with Crippen LogP contribution in [-0.2, 0) is 60.7 Å². The molecule has 0 aromatic heterocycles. The first-order chi connectivity index (χ1) is 41.8. The maximum atomic E-state index is 13.6. The number of hydrogen-bond acceptors (Lipinski definition) is 25. The van der Waals surface area contributed by atoms with Crippen LogP contribution in [0.25, 0.3) is 0 Å². The lowest BCUT2D eigenvalue weighted by atomic mass is 10.1. The number of carbonyl (C=O) groups is 1. The van der Waals surface area contributed by atoms with E-state index in [-0.39, 0.29) is 84.1 Å². The SMILES string of the molecule is C=COc1cc(N=Nc2cc(C)c(NC(=O)Nc3cc(C)c(N=Nc4cc(OCC)c(N=Nc5ccc(S(=O)(=O)O)cc5S(=O)(=O)O)cc4OCCCS(=O)(=O)O)cc3C)cc2C)c(OCCCS(=O)(=O)O)cc1N=Nc1ccc(S(=O)(=O)O)cc1S(=O)(=O)O. The number of nitrogens with one attached hydrogen (secondary N) is 2. The zero-order valence-corrected chi connectivity index (χ0v) is 52.4. The molecule has 0 saturated carbocycles. The van der Waals surface area contributed by atoms with Crippen LogP contribution in [-0.4, -0.2) is 115 Å². The van der Waals surface area contributed by atoms with Gasteiger partial charge in [0.1, 0.15) is 61.2 Å². The van der Waals surface area contributed by atoms with Gasteiger partial charge >= 0.3 is 6.03 Å². The average Bonchev–Trinajstić information content (AvgIpc) is 0.932. The van der Waals surface area contributed by atoms with Crippen LogP contribution in [0.5, 0.6) is 23.0 Å². The summed E-state index contributed by atoms with van der Waals surface area (Å²) < 4.78 is 221. The van der Waals surface area contributed by atoms with Gasteiger partial charge in [0.05, 0.1) is 58.8 Å². The summed E-state index contributed by atoms with van der Waals surface area (Å²) >= 11 is 0. The molecule has 90 heavy (non-hydrogen) atoms. The monoisotopic (exact) mass is 1370 g/mol. The Balaban J connectivity index is 1.25. The molecule has 0 radical (unpaired) electrons. The highest BCUT2D eigenvalue weighted by atomic mass is 32.2. The molecule has 482 valence electrons. The predicted octanol–water partition coefficient (Wildman–Crippen LogP) is 11.4. The summed E-state index contributed by atoms with van der Waals surface area (Å²) in [5.41, 5.74) is 1.71. The smallest absolute Gasteiger partial charge is 0.323 e. The van der Waals surface area contributed by atoms with Crippen molar-refractivity contribution < 1.29 is 102 Å². The van der Waals surface area contributed by atoms with Crippen LogP contribution in [0.3, 0.4) is 0 Å². The topological polar surface area (TPSA) is 503 Å². The molecule has 0 heterocycles. The molecule has 0 aliphatic carbocycles. The van der Waals surface area contributed by atoms with E-state index in [2.05, 4.69) is 58.1 Å².